The van der Waals surface area contributed by atoms with Crippen LogP contribution in [0, 0.1) is 11.8 Å². The van der Waals surface area contributed by atoms with E-state index in [1.54, 1.807) is 7.11 Å². The Bertz CT molecular complexity index is 981. The van der Waals surface area contributed by atoms with E-state index in [1.807, 2.05) is 29.2 Å². The van der Waals surface area contributed by atoms with Crippen molar-refractivity contribution >= 4 is 17.3 Å². The predicted molar refractivity (Wildman–Crippen MR) is 122 cm³/mol. The summed E-state index contributed by atoms with van der Waals surface area (Å²) in [6, 6.07) is 7.70. The Morgan fingerprint density at radius 3 is 2.48 bits per heavy atom. The molecule has 4 rings (SSSR count). The third-order valence-corrected chi connectivity index (χ3v) is 6.74. The summed E-state index contributed by atoms with van der Waals surface area (Å²) in [5, 5.41) is 6.30. The van der Waals surface area contributed by atoms with Gasteiger partial charge >= 0.3 is 0 Å². The van der Waals surface area contributed by atoms with Crippen molar-refractivity contribution < 1.29 is 9.53 Å². The summed E-state index contributed by atoms with van der Waals surface area (Å²) in [4.78, 5) is 38.7. The summed E-state index contributed by atoms with van der Waals surface area (Å²) in [6.45, 7) is 2.86. The molecule has 166 valence electrons. The highest BCUT2D eigenvalue weighted by atomic mass is 16.5. The molecule has 1 heterocycles. The van der Waals surface area contributed by atoms with Gasteiger partial charge in [-0.2, -0.15) is 0 Å². The average Bonchev–Trinajstić information content (AvgIpc) is 3.33. The minimum Gasteiger partial charge on any atom is -0.496 e. The third-order valence-electron chi connectivity index (χ3n) is 6.74. The SMILES string of the molecule is COc1ccccc1CNC(=O)C1CCC(CNc2c(N3CCCC3)c(=O)c2=O)CC1. The van der Waals surface area contributed by atoms with Gasteiger partial charge in [0.2, 0.25) is 5.91 Å². The fraction of sp³-hybridized carbons (Fsp3) is 0.542. The second-order valence-electron chi connectivity index (χ2n) is 8.70. The van der Waals surface area contributed by atoms with Crippen molar-refractivity contribution in [3.05, 3.63) is 50.3 Å². The van der Waals surface area contributed by atoms with Gasteiger partial charge in [0.25, 0.3) is 10.9 Å². The lowest BCUT2D eigenvalue weighted by atomic mass is 9.81. The Morgan fingerprint density at radius 2 is 1.77 bits per heavy atom. The van der Waals surface area contributed by atoms with E-state index in [1.165, 1.54) is 0 Å². The number of amides is 1. The molecule has 1 saturated heterocycles. The van der Waals surface area contributed by atoms with E-state index in [-0.39, 0.29) is 22.7 Å². The molecule has 2 aromatic carbocycles. The van der Waals surface area contributed by atoms with E-state index in [4.69, 9.17) is 4.74 Å². The molecule has 7 nitrogen and oxygen atoms in total. The summed E-state index contributed by atoms with van der Waals surface area (Å²) < 4.78 is 5.34. The van der Waals surface area contributed by atoms with Crippen molar-refractivity contribution in [2.24, 2.45) is 11.8 Å². The monoisotopic (exact) mass is 425 g/mol. The van der Waals surface area contributed by atoms with Crippen molar-refractivity contribution in [2.45, 2.75) is 45.1 Å². The van der Waals surface area contributed by atoms with Crippen LogP contribution in [0.5, 0.6) is 5.75 Å². The Kier molecular flexibility index (Phi) is 6.59. The molecule has 2 aliphatic rings. The molecule has 7 heteroatoms. The number of anilines is 2. The smallest absolute Gasteiger partial charge is 0.253 e. The van der Waals surface area contributed by atoms with Crippen molar-refractivity contribution in [2.75, 3.05) is 37.0 Å². The molecule has 0 spiro atoms. The van der Waals surface area contributed by atoms with Crippen LogP contribution in [0.3, 0.4) is 0 Å². The van der Waals surface area contributed by atoms with Gasteiger partial charge in [0.05, 0.1) is 7.11 Å². The van der Waals surface area contributed by atoms with Gasteiger partial charge in [0, 0.05) is 37.7 Å². The maximum absolute atomic E-state index is 12.6. The van der Waals surface area contributed by atoms with Crippen LogP contribution < -0.4 is 31.1 Å². The molecule has 0 unspecified atom stereocenters. The first-order chi connectivity index (χ1) is 15.1. The molecule has 0 atom stereocenters. The fourth-order valence-corrected chi connectivity index (χ4v) is 4.84. The highest BCUT2D eigenvalue weighted by Gasteiger charge is 2.30. The summed E-state index contributed by atoms with van der Waals surface area (Å²) in [5.74, 6) is 1.31. The Morgan fingerprint density at radius 1 is 1.06 bits per heavy atom. The summed E-state index contributed by atoms with van der Waals surface area (Å²) in [7, 11) is 1.63. The normalized spacial score (nSPS) is 21.3. The number of nitrogens with zero attached hydrogens (tertiary/aromatic N) is 1. The van der Waals surface area contributed by atoms with Crippen molar-refractivity contribution in [1.82, 2.24) is 5.32 Å². The number of ether oxygens (including phenoxy) is 1. The van der Waals surface area contributed by atoms with E-state index in [0.29, 0.717) is 30.4 Å². The molecule has 2 N–H and O–H groups in total. The van der Waals surface area contributed by atoms with E-state index in [2.05, 4.69) is 10.6 Å². The highest BCUT2D eigenvalue weighted by molar-refractivity contribution is 5.79. The zero-order chi connectivity index (χ0) is 21.8. The Labute approximate surface area is 182 Å². The molecule has 2 aromatic rings. The summed E-state index contributed by atoms with van der Waals surface area (Å²) in [5.41, 5.74) is 1.33. The van der Waals surface area contributed by atoms with Crippen LogP contribution in [-0.4, -0.2) is 32.7 Å². The van der Waals surface area contributed by atoms with Gasteiger partial charge in [0.1, 0.15) is 17.1 Å². The van der Waals surface area contributed by atoms with Crippen LogP contribution in [0.25, 0.3) is 0 Å². The van der Waals surface area contributed by atoms with Gasteiger partial charge in [0.15, 0.2) is 0 Å². The number of hydrogen-bond acceptors (Lipinski definition) is 6. The molecule has 1 amide bonds. The Balaban J connectivity index is 1.23. The number of carbonyl (C=O) groups is 1. The predicted octanol–water partition coefficient (Wildman–Crippen LogP) is 2.43. The highest BCUT2D eigenvalue weighted by Crippen LogP contribution is 2.30. The lowest BCUT2D eigenvalue weighted by molar-refractivity contribution is -0.126. The lowest BCUT2D eigenvalue weighted by Gasteiger charge is -2.29. The fourth-order valence-electron chi connectivity index (χ4n) is 4.84. The van der Waals surface area contributed by atoms with Gasteiger partial charge in [-0.25, -0.2) is 0 Å². The first-order valence-electron chi connectivity index (χ1n) is 11.3. The van der Waals surface area contributed by atoms with Crippen LogP contribution in [0.1, 0.15) is 44.1 Å². The lowest BCUT2D eigenvalue weighted by Crippen LogP contribution is -2.42. The van der Waals surface area contributed by atoms with Gasteiger partial charge in [-0.05, 0) is 50.5 Å². The number of carbonyl (C=O) groups excluding carboxylic acids is 1. The van der Waals surface area contributed by atoms with Crippen LogP contribution in [-0.2, 0) is 11.3 Å². The van der Waals surface area contributed by atoms with Crippen LogP contribution in [0.4, 0.5) is 11.4 Å². The maximum Gasteiger partial charge on any atom is 0.253 e. The summed E-state index contributed by atoms with van der Waals surface area (Å²) in [6.07, 6.45) is 5.70. The largest absolute Gasteiger partial charge is 0.496 e. The van der Waals surface area contributed by atoms with E-state index < -0.39 is 0 Å². The number of rotatable bonds is 8. The van der Waals surface area contributed by atoms with Gasteiger partial charge in [-0.3, -0.25) is 14.4 Å². The molecule has 31 heavy (non-hydrogen) atoms. The zero-order valence-corrected chi connectivity index (χ0v) is 18.1. The minimum absolute atomic E-state index is 0.0252. The summed E-state index contributed by atoms with van der Waals surface area (Å²) >= 11 is 0. The molecule has 0 radical (unpaired) electrons. The second kappa shape index (κ2) is 9.54. The van der Waals surface area contributed by atoms with E-state index >= 15 is 0 Å². The van der Waals surface area contributed by atoms with Crippen molar-refractivity contribution in [3.8, 4) is 5.75 Å². The third kappa shape index (κ3) is 4.60. The second-order valence-corrected chi connectivity index (χ2v) is 8.70. The van der Waals surface area contributed by atoms with Gasteiger partial charge in [-0.15, -0.1) is 0 Å². The molecule has 1 saturated carbocycles. The number of para-hydroxylation sites is 1. The number of methoxy groups -OCH3 is 1. The molecular weight excluding hydrogens is 394 g/mol. The van der Waals surface area contributed by atoms with Crippen LogP contribution in [0.15, 0.2) is 33.9 Å². The quantitative estimate of drug-likeness (QED) is 0.632. The average molecular weight is 426 g/mol. The van der Waals surface area contributed by atoms with Crippen molar-refractivity contribution in [3.63, 3.8) is 0 Å². The van der Waals surface area contributed by atoms with Gasteiger partial charge in [-0.1, -0.05) is 18.2 Å². The van der Waals surface area contributed by atoms with Crippen LogP contribution in [0.2, 0.25) is 0 Å². The zero-order valence-electron chi connectivity index (χ0n) is 18.1. The Hall–Kier alpha value is -2.83. The molecule has 0 bridgehead atoms. The number of hydrogen-bond donors (Lipinski definition) is 2. The minimum atomic E-state index is -0.383. The molecular formula is C24H31N3O4. The number of nitrogens with one attached hydrogen (secondary N) is 2. The molecule has 0 aromatic heterocycles. The molecule has 1 aliphatic carbocycles. The number of benzene rings is 1. The van der Waals surface area contributed by atoms with Crippen molar-refractivity contribution in [1.29, 1.82) is 0 Å². The van der Waals surface area contributed by atoms with E-state index in [9.17, 15) is 14.4 Å². The molecule has 2 fully saturated rings. The van der Waals surface area contributed by atoms with Crippen LogP contribution >= 0.6 is 0 Å². The maximum atomic E-state index is 12.6. The van der Waals surface area contributed by atoms with Gasteiger partial charge < -0.3 is 20.3 Å². The first-order valence-corrected chi connectivity index (χ1v) is 11.3. The van der Waals surface area contributed by atoms with E-state index in [0.717, 1.165) is 62.9 Å². The molecule has 1 aliphatic heterocycles. The first kappa shape index (κ1) is 21.4. The topological polar surface area (TPSA) is 87.7 Å². The standard InChI is InChI=1S/C24H31N3O4/c1-31-19-7-3-2-6-18(19)15-26-24(30)17-10-8-16(9-11-17)14-25-20-21(23(29)22(20)28)27-12-4-5-13-27/h2-3,6-7,16-17,25H,4-5,8-15H2,1H3,(H,26,30).